The van der Waals surface area contributed by atoms with Gasteiger partial charge in [-0.2, -0.15) is 0 Å². The molecule has 4 rings (SSSR count). The number of aromatic nitrogens is 1. The second-order valence-electron chi connectivity index (χ2n) is 8.22. The molecule has 2 aliphatic rings. The molecule has 0 N–H and O–H groups in total. The number of hydrogen-bond acceptors (Lipinski definition) is 6. The Morgan fingerprint density at radius 2 is 1.58 bits per heavy atom. The first kappa shape index (κ1) is 21.2. The van der Waals surface area contributed by atoms with Crippen LogP contribution in [0.25, 0.3) is 11.3 Å². The average molecular weight is 424 g/mol. The summed E-state index contributed by atoms with van der Waals surface area (Å²) in [5, 5.41) is 11.5. The van der Waals surface area contributed by atoms with Crippen LogP contribution in [-0.4, -0.2) is 71.4 Å². The van der Waals surface area contributed by atoms with Gasteiger partial charge in [0.2, 0.25) is 5.91 Å². The molecule has 0 spiro atoms. The second-order valence-corrected chi connectivity index (χ2v) is 8.22. The summed E-state index contributed by atoms with van der Waals surface area (Å²) in [4.78, 5) is 34.8. The van der Waals surface area contributed by atoms with E-state index in [9.17, 15) is 14.9 Å². The van der Waals surface area contributed by atoms with Gasteiger partial charge in [0.15, 0.2) is 5.69 Å². The van der Waals surface area contributed by atoms with Gasteiger partial charge in [0.1, 0.15) is 5.82 Å². The van der Waals surface area contributed by atoms with Crippen molar-refractivity contribution in [3.63, 3.8) is 0 Å². The maximum Gasteiger partial charge on any atom is 0.295 e. The van der Waals surface area contributed by atoms with Crippen LogP contribution in [0.3, 0.4) is 0 Å². The zero-order valence-corrected chi connectivity index (χ0v) is 17.8. The molecule has 0 aliphatic carbocycles. The zero-order chi connectivity index (χ0) is 21.6. The topological polar surface area (TPSA) is 82.8 Å². The van der Waals surface area contributed by atoms with Gasteiger partial charge in [-0.1, -0.05) is 43.2 Å². The quantitative estimate of drug-likeness (QED) is 0.543. The lowest BCUT2D eigenvalue weighted by Crippen LogP contribution is -2.50. The summed E-state index contributed by atoms with van der Waals surface area (Å²) in [6, 6.07) is 12.5. The minimum absolute atomic E-state index is 0.0108. The monoisotopic (exact) mass is 423 g/mol. The number of nitro groups is 1. The SMILES string of the molecule is O=C(CN1CCN(c2ccc([N+](=O)[O-])c(-c3ccccc3)n2)CC1)N1CCCCCC1. The molecular formula is C23H29N5O3. The molecule has 8 heteroatoms. The van der Waals surface area contributed by atoms with Crippen molar-refractivity contribution in [1.29, 1.82) is 0 Å². The summed E-state index contributed by atoms with van der Waals surface area (Å²) in [7, 11) is 0. The predicted molar refractivity (Wildman–Crippen MR) is 120 cm³/mol. The van der Waals surface area contributed by atoms with E-state index in [1.807, 2.05) is 35.2 Å². The molecule has 3 heterocycles. The summed E-state index contributed by atoms with van der Waals surface area (Å²) in [5.74, 6) is 0.970. The number of hydrogen-bond donors (Lipinski definition) is 0. The average Bonchev–Trinajstić information content (AvgIpc) is 3.09. The lowest BCUT2D eigenvalue weighted by molar-refractivity contribution is -0.384. The Morgan fingerprint density at radius 3 is 2.23 bits per heavy atom. The molecule has 31 heavy (non-hydrogen) atoms. The number of piperazine rings is 1. The second kappa shape index (κ2) is 9.87. The molecule has 164 valence electrons. The van der Waals surface area contributed by atoms with E-state index in [4.69, 9.17) is 0 Å². The molecule has 2 fully saturated rings. The van der Waals surface area contributed by atoms with Crippen molar-refractivity contribution in [2.75, 3.05) is 50.7 Å². The fourth-order valence-corrected chi connectivity index (χ4v) is 4.32. The number of likely N-dealkylation sites (tertiary alicyclic amines) is 1. The molecule has 2 aliphatic heterocycles. The molecule has 0 atom stereocenters. The first-order chi connectivity index (χ1) is 15.1. The highest BCUT2D eigenvalue weighted by atomic mass is 16.6. The van der Waals surface area contributed by atoms with Crippen molar-refractivity contribution in [2.45, 2.75) is 25.7 Å². The molecule has 1 aromatic heterocycles. The molecule has 0 unspecified atom stereocenters. The maximum absolute atomic E-state index is 12.7. The van der Waals surface area contributed by atoms with Crippen molar-refractivity contribution in [3.8, 4) is 11.3 Å². The van der Waals surface area contributed by atoms with Crippen molar-refractivity contribution in [2.24, 2.45) is 0 Å². The van der Waals surface area contributed by atoms with Gasteiger partial charge in [0, 0.05) is 50.9 Å². The zero-order valence-electron chi connectivity index (χ0n) is 17.8. The van der Waals surface area contributed by atoms with Gasteiger partial charge in [0.25, 0.3) is 5.69 Å². The maximum atomic E-state index is 12.7. The Morgan fingerprint density at radius 1 is 0.903 bits per heavy atom. The summed E-state index contributed by atoms with van der Waals surface area (Å²) in [6.45, 7) is 5.27. The first-order valence-electron chi connectivity index (χ1n) is 11.1. The molecule has 0 saturated carbocycles. The number of nitrogens with zero attached hydrogens (tertiary/aromatic N) is 5. The highest BCUT2D eigenvalue weighted by molar-refractivity contribution is 5.78. The number of carbonyl (C=O) groups excluding carboxylic acids is 1. The van der Waals surface area contributed by atoms with E-state index in [0.29, 0.717) is 12.2 Å². The number of rotatable bonds is 5. The van der Waals surface area contributed by atoms with E-state index >= 15 is 0 Å². The van der Waals surface area contributed by atoms with Crippen LogP contribution in [-0.2, 0) is 4.79 Å². The van der Waals surface area contributed by atoms with E-state index < -0.39 is 0 Å². The van der Waals surface area contributed by atoms with Crippen LogP contribution in [0.4, 0.5) is 11.5 Å². The summed E-state index contributed by atoms with van der Waals surface area (Å²) in [5.41, 5.74) is 1.14. The Hall–Kier alpha value is -3.00. The van der Waals surface area contributed by atoms with Gasteiger partial charge in [-0.3, -0.25) is 19.8 Å². The van der Waals surface area contributed by atoms with Crippen LogP contribution in [0.2, 0.25) is 0 Å². The van der Waals surface area contributed by atoms with Crippen LogP contribution in [0.1, 0.15) is 25.7 Å². The molecule has 0 radical (unpaired) electrons. The summed E-state index contributed by atoms with van der Waals surface area (Å²) in [6.07, 6.45) is 4.65. The number of amides is 1. The lowest BCUT2D eigenvalue weighted by atomic mass is 10.1. The number of anilines is 1. The molecule has 1 amide bonds. The fourth-order valence-electron chi connectivity index (χ4n) is 4.32. The van der Waals surface area contributed by atoms with E-state index in [0.717, 1.165) is 63.5 Å². The number of benzene rings is 1. The van der Waals surface area contributed by atoms with E-state index in [1.165, 1.54) is 12.8 Å². The largest absolute Gasteiger partial charge is 0.354 e. The lowest BCUT2D eigenvalue weighted by Gasteiger charge is -2.36. The van der Waals surface area contributed by atoms with Crippen molar-refractivity contribution in [3.05, 3.63) is 52.6 Å². The van der Waals surface area contributed by atoms with Crippen LogP contribution < -0.4 is 4.90 Å². The van der Waals surface area contributed by atoms with Crippen LogP contribution in [0, 0.1) is 10.1 Å². The Bertz CT molecular complexity index is 905. The van der Waals surface area contributed by atoms with Gasteiger partial charge in [-0.25, -0.2) is 4.98 Å². The molecule has 8 nitrogen and oxygen atoms in total. The highest BCUT2D eigenvalue weighted by Gasteiger charge is 2.25. The minimum atomic E-state index is -0.383. The van der Waals surface area contributed by atoms with Gasteiger partial charge >= 0.3 is 0 Å². The van der Waals surface area contributed by atoms with Crippen molar-refractivity contribution >= 4 is 17.4 Å². The fraction of sp³-hybridized carbons (Fsp3) is 0.478. The molecule has 0 bridgehead atoms. The van der Waals surface area contributed by atoms with Crippen molar-refractivity contribution < 1.29 is 9.72 Å². The highest BCUT2D eigenvalue weighted by Crippen LogP contribution is 2.30. The first-order valence-corrected chi connectivity index (χ1v) is 11.1. The Kier molecular flexibility index (Phi) is 6.76. The predicted octanol–water partition coefficient (Wildman–Crippen LogP) is 3.18. The smallest absolute Gasteiger partial charge is 0.295 e. The van der Waals surface area contributed by atoms with Gasteiger partial charge in [0.05, 0.1) is 11.5 Å². The van der Waals surface area contributed by atoms with Gasteiger partial charge in [-0.15, -0.1) is 0 Å². The van der Waals surface area contributed by atoms with E-state index in [1.54, 1.807) is 12.1 Å². The Labute approximate surface area is 182 Å². The van der Waals surface area contributed by atoms with Crippen LogP contribution in [0.15, 0.2) is 42.5 Å². The van der Waals surface area contributed by atoms with Crippen LogP contribution in [0.5, 0.6) is 0 Å². The standard InChI is InChI=1S/C23H29N5O3/c29-22(27-12-6-1-2-7-13-27)18-25-14-16-26(17-15-25)21-11-10-20(28(30)31)23(24-21)19-8-4-3-5-9-19/h3-5,8-11H,1-2,6-7,12-18H2. The third-order valence-electron chi connectivity index (χ3n) is 6.12. The molecule has 2 aromatic rings. The van der Waals surface area contributed by atoms with E-state index in [2.05, 4.69) is 14.8 Å². The summed E-state index contributed by atoms with van der Waals surface area (Å²) < 4.78 is 0. The summed E-state index contributed by atoms with van der Waals surface area (Å²) >= 11 is 0. The van der Waals surface area contributed by atoms with E-state index in [-0.39, 0.29) is 16.5 Å². The number of carbonyl (C=O) groups is 1. The van der Waals surface area contributed by atoms with Crippen LogP contribution >= 0.6 is 0 Å². The molecular weight excluding hydrogens is 394 g/mol. The third kappa shape index (κ3) is 5.19. The molecule has 2 saturated heterocycles. The third-order valence-corrected chi connectivity index (χ3v) is 6.12. The van der Waals surface area contributed by atoms with Gasteiger partial charge < -0.3 is 9.80 Å². The normalized spacial score (nSPS) is 17.9. The minimum Gasteiger partial charge on any atom is -0.354 e. The molecule has 1 aromatic carbocycles. The Balaban J connectivity index is 1.40. The van der Waals surface area contributed by atoms with Crippen molar-refractivity contribution in [1.82, 2.24) is 14.8 Å². The number of pyridine rings is 1. The van der Waals surface area contributed by atoms with Gasteiger partial charge in [-0.05, 0) is 18.9 Å².